The first-order chi connectivity index (χ1) is 12.6. The van der Waals surface area contributed by atoms with E-state index in [-0.39, 0.29) is 24.6 Å². The van der Waals surface area contributed by atoms with Crippen LogP contribution in [0.1, 0.15) is 16.8 Å². The van der Waals surface area contributed by atoms with Crippen molar-refractivity contribution >= 4 is 22.5 Å². The number of fused-ring (bicyclic) bond motifs is 2. The SMILES string of the molecule is Cc1ccn2c(=O)cc(COC(=O)Cc3c[nH]c4ccccc34)nc2c1. The van der Waals surface area contributed by atoms with Crippen molar-refractivity contribution in [2.75, 3.05) is 0 Å². The van der Waals surface area contributed by atoms with Crippen LogP contribution in [-0.2, 0) is 22.6 Å². The Bertz CT molecular complexity index is 1170. The normalized spacial score (nSPS) is 11.1. The van der Waals surface area contributed by atoms with E-state index in [9.17, 15) is 9.59 Å². The van der Waals surface area contributed by atoms with Crippen LogP contribution in [-0.4, -0.2) is 20.3 Å². The molecule has 0 bridgehead atoms. The van der Waals surface area contributed by atoms with Crippen LogP contribution in [0.25, 0.3) is 16.6 Å². The van der Waals surface area contributed by atoms with Crippen molar-refractivity contribution in [2.45, 2.75) is 20.0 Å². The number of esters is 1. The number of aryl methyl sites for hydroxylation is 1. The molecule has 0 saturated carbocycles. The molecule has 0 fully saturated rings. The predicted octanol–water partition coefficient (Wildman–Crippen LogP) is 2.77. The Morgan fingerprint density at radius 2 is 2.08 bits per heavy atom. The van der Waals surface area contributed by atoms with Crippen LogP contribution in [0.3, 0.4) is 0 Å². The highest BCUT2D eigenvalue weighted by Gasteiger charge is 2.11. The maximum Gasteiger partial charge on any atom is 0.310 e. The Balaban J connectivity index is 1.49. The average molecular weight is 347 g/mol. The van der Waals surface area contributed by atoms with Crippen molar-refractivity contribution in [1.82, 2.24) is 14.4 Å². The Morgan fingerprint density at radius 3 is 2.96 bits per heavy atom. The van der Waals surface area contributed by atoms with Crippen LogP contribution < -0.4 is 5.56 Å². The van der Waals surface area contributed by atoms with Gasteiger partial charge < -0.3 is 9.72 Å². The summed E-state index contributed by atoms with van der Waals surface area (Å²) in [6.45, 7) is 1.90. The van der Waals surface area contributed by atoms with E-state index in [0.29, 0.717) is 11.3 Å². The minimum atomic E-state index is -0.360. The smallest absolute Gasteiger partial charge is 0.310 e. The second kappa shape index (κ2) is 6.48. The van der Waals surface area contributed by atoms with E-state index in [4.69, 9.17) is 4.74 Å². The molecule has 130 valence electrons. The summed E-state index contributed by atoms with van der Waals surface area (Å²) >= 11 is 0. The van der Waals surface area contributed by atoms with Gasteiger partial charge in [-0.2, -0.15) is 0 Å². The van der Waals surface area contributed by atoms with Crippen molar-refractivity contribution in [3.05, 3.63) is 82.0 Å². The number of para-hydroxylation sites is 1. The van der Waals surface area contributed by atoms with Crippen molar-refractivity contribution in [2.24, 2.45) is 0 Å². The van der Waals surface area contributed by atoms with E-state index in [2.05, 4.69) is 9.97 Å². The number of aromatic amines is 1. The summed E-state index contributed by atoms with van der Waals surface area (Å²) in [4.78, 5) is 31.9. The molecular weight excluding hydrogens is 330 g/mol. The number of hydrogen-bond acceptors (Lipinski definition) is 4. The molecule has 1 aromatic carbocycles. The quantitative estimate of drug-likeness (QED) is 0.576. The third-order valence-electron chi connectivity index (χ3n) is 4.27. The number of hydrogen-bond donors (Lipinski definition) is 1. The minimum Gasteiger partial charge on any atom is -0.459 e. The van der Waals surface area contributed by atoms with Crippen LogP contribution in [0.4, 0.5) is 0 Å². The molecule has 6 heteroatoms. The highest BCUT2D eigenvalue weighted by molar-refractivity contribution is 5.87. The topological polar surface area (TPSA) is 76.5 Å². The summed E-state index contributed by atoms with van der Waals surface area (Å²) in [6, 6.07) is 12.8. The van der Waals surface area contributed by atoms with Gasteiger partial charge in [0.1, 0.15) is 12.3 Å². The summed E-state index contributed by atoms with van der Waals surface area (Å²) < 4.78 is 6.78. The standard InChI is InChI=1S/C20H17N3O3/c1-13-6-7-23-18(8-13)22-15(10-19(23)24)12-26-20(25)9-14-11-21-17-5-3-2-4-16(14)17/h2-8,10-11,21H,9,12H2,1H3. The van der Waals surface area contributed by atoms with Gasteiger partial charge in [-0.25, -0.2) is 4.98 Å². The number of carbonyl (C=O) groups excluding carboxylic acids is 1. The zero-order chi connectivity index (χ0) is 18.1. The molecule has 0 saturated heterocycles. The molecule has 26 heavy (non-hydrogen) atoms. The predicted molar refractivity (Wildman–Crippen MR) is 98.0 cm³/mol. The lowest BCUT2D eigenvalue weighted by atomic mass is 10.1. The van der Waals surface area contributed by atoms with E-state index in [1.165, 1.54) is 10.5 Å². The molecule has 0 spiro atoms. The molecule has 0 atom stereocenters. The van der Waals surface area contributed by atoms with E-state index >= 15 is 0 Å². The number of rotatable bonds is 4. The van der Waals surface area contributed by atoms with Gasteiger partial charge in [0.15, 0.2) is 0 Å². The molecule has 0 unspecified atom stereocenters. The maximum absolute atomic E-state index is 12.2. The van der Waals surface area contributed by atoms with Crippen molar-refractivity contribution < 1.29 is 9.53 Å². The first-order valence-electron chi connectivity index (χ1n) is 8.30. The van der Waals surface area contributed by atoms with Gasteiger partial charge in [-0.3, -0.25) is 14.0 Å². The lowest BCUT2D eigenvalue weighted by Crippen LogP contribution is -2.17. The number of nitrogens with one attached hydrogen (secondary N) is 1. The molecule has 0 radical (unpaired) electrons. The lowest BCUT2D eigenvalue weighted by Gasteiger charge is -2.06. The van der Waals surface area contributed by atoms with Gasteiger partial charge in [0.05, 0.1) is 12.1 Å². The minimum absolute atomic E-state index is 0.0269. The highest BCUT2D eigenvalue weighted by Crippen LogP contribution is 2.18. The van der Waals surface area contributed by atoms with Crippen LogP contribution in [0, 0.1) is 6.92 Å². The average Bonchev–Trinajstić information content (AvgIpc) is 3.03. The van der Waals surface area contributed by atoms with Crippen molar-refractivity contribution in [1.29, 1.82) is 0 Å². The van der Waals surface area contributed by atoms with E-state index < -0.39 is 0 Å². The monoisotopic (exact) mass is 347 g/mol. The first kappa shape index (κ1) is 16.1. The molecule has 4 rings (SSSR count). The van der Waals surface area contributed by atoms with Gasteiger partial charge in [-0.1, -0.05) is 18.2 Å². The molecule has 3 heterocycles. The maximum atomic E-state index is 12.2. The van der Waals surface area contributed by atoms with E-state index in [1.54, 1.807) is 6.20 Å². The lowest BCUT2D eigenvalue weighted by molar-refractivity contribution is -0.144. The molecule has 0 aliphatic carbocycles. The summed E-state index contributed by atoms with van der Waals surface area (Å²) in [6.07, 6.45) is 3.66. The number of pyridine rings is 1. The molecule has 0 aliphatic heterocycles. The van der Waals surface area contributed by atoms with Gasteiger partial charge >= 0.3 is 5.97 Å². The number of ether oxygens (including phenoxy) is 1. The fourth-order valence-corrected chi connectivity index (χ4v) is 2.97. The van der Waals surface area contributed by atoms with Crippen LogP contribution >= 0.6 is 0 Å². The van der Waals surface area contributed by atoms with Crippen molar-refractivity contribution in [3.63, 3.8) is 0 Å². The molecule has 1 N–H and O–H groups in total. The number of nitrogens with zero attached hydrogens (tertiary/aromatic N) is 2. The Hall–Kier alpha value is -3.41. The van der Waals surface area contributed by atoms with E-state index in [1.807, 2.05) is 49.5 Å². The molecule has 4 aromatic rings. The fraction of sp³-hybridized carbons (Fsp3) is 0.150. The second-order valence-electron chi connectivity index (χ2n) is 6.21. The van der Waals surface area contributed by atoms with Gasteiger partial charge in [0.25, 0.3) is 5.56 Å². The summed E-state index contributed by atoms with van der Waals surface area (Å²) in [5.41, 5.74) is 3.65. The highest BCUT2D eigenvalue weighted by atomic mass is 16.5. The van der Waals surface area contributed by atoms with Crippen LogP contribution in [0.5, 0.6) is 0 Å². The zero-order valence-electron chi connectivity index (χ0n) is 14.2. The largest absolute Gasteiger partial charge is 0.459 e. The summed E-state index contributed by atoms with van der Waals surface area (Å²) in [7, 11) is 0. The molecule has 3 aromatic heterocycles. The summed E-state index contributed by atoms with van der Waals surface area (Å²) in [5, 5.41) is 1.00. The molecular formula is C20H17N3O3. The number of carbonyl (C=O) groups is 1. The Morgan fingerprint density at radius 1 is 1.23 bits per heavy atom. The number of benzene rings is 1. The fourth-order valence-electron chi connectivity index (χ4n) is 2.97. The van der Waals surface area contributed by atoms with Gasteiger partial charge in [0.2, 0.25) is 0 Å². The van der Waals surface area contributed by atoms with Crippen LogP contribution in [0.15, 0.2) is 59.7 Å². The van der Waals surface area contributed by atoms with E-state index in [0.717, 1.165) is 22.0 Å². The molecule has 0 aliphatic rings. The number of H-pyrrole nitrogens is 1. The van der Waals surface area contributed by atoms with Gasteiger partial charge in [-0.15, -0.1) is 0 Å². The Labute approximate surface area is 149 Å². The third kappa shape index (κ3) is 3.09. The molecule has 0 amide bonds. The van der Waals surface area contributed by atoms with Crippen LogP contribution in [0.2, 0.25) is 0 Å². The van der Waals surface area contributed by atoms with Gasteiger partial charge in [-0.05, 0) is 36.2 Å². The van der Waals surface area contributed by atoms with Gasteiger partial charge in [0, 0.05) is 29.4 Å². The number of aromatic nitrogens is 3. The molecule has 6 nitrogen and oxygen atoms in total. The second-order valence-corrected chi connectivity index (χ2v) is 6.21. The Kier molecular flexibility index (Phi) is 4.01. The zero-order valence-corrected chi connectivity index (χ0v) is 14.2. The van der Waals surface area contributed by atoms with Crippen molar-refractivity contribution in [3.8, 4) is 0 Å². The first-order valence-corrected chi connectivity index (χ1v) is 8.30. The third-order valence-corrected chi connectivity index (χ3v) is 4.27. The summed E-state index contributed by atoms with van der Waals surface area (Å²) in [5.74, 6) is -0.360.